The molecule has 104 valence electrons. The molecule has 5 nitrogen and oxygen atoms in total. The van der Waals surface area contributed by atoms with Gasteiger partial charge in [-0.15, -0.1) is 0 Å². The first-order valence-electron chi connectivity index (χ1n) is 6.35. The third-order valence-electron chi connectivity index (χ3n) is 2.87. The van der Waals surface area contributed by atoms with Crippen molar-refractivity contribution in [2.45, 2.75) is 13.0 Å². The van der Waals surface area contributed by atoms with E-state index in [2.05, 4.69) is 10.3 Å². The Labute approximate surface area is 111 Å². The third kappa shape index (κ3) is 3.21. The van der Waals surface area contributed by atoms with Gasteiger partial charge in [0.2, 0.25) is 5.95 Å². The average molecular weight is 266 g/mol. The highest BCUT2D eigenvalue weighted by Crippen LogP contribution is 2.20. The Bertz CT molecular complexity index is 541. The highest BCUT2D eigenvalue weighted by Gasteiger charge is 2.10. The monoisotopic (exact) mass is 266 g/mol. The zero-order valence-corrected chi connectivity index (χ0v) is 11.0. The van der Waals surface area contributed by atoms with Crippen LogP contribution in [0.1, 0.15) is 6.42 Å². The van der Waals surface area contributed by atoms with Gasteiger partial charge in [-0.3, -0.25) is 0 Å². The summed E-state index contributed by atoms with van der Waals surface area (Å²) in [6, 6.07) is 4.60. The number of aromatic nitrogens is 2. The zero-order valence-electron chi connectivity index (χ0n) is 11.0. The van der Waals surface area contributed by atoms with Gasteiger partial charge in [0.05, 0.1) is 11.0 Å². The molecule has 0 aliphatic rings. The van der Waals surface area contributed by atoms with Crippen LogP contribution in [0.25, 0.3) is 11.0 Å². The second-order valence-electron chi connectivity index (χ2n) is 4.28. The average Bonchev–Trinajstić information content (AvgIpc) is 2.73. The number of hydrogen-bond donors (Lipinski definition) is 2. The van der Waals surface area contributed by atoms with Gasteiger partial charge < -0.3 is 20.4 Å². The maximum absolute atomic E-state index is 13.2. The molecule has 0 spiro atoms. The molecule has 2 rings (SSSR count). The van der Waals surface area contributed by atoms with Gasteiger partial charge in [0.1, 0.15) is 5.82 Å². The number of anilines is 1. The number of imidazole rings is 1. The van der Waals surface area contributed by atoms with Crippen LogP contribution >= 0.6 is 0 Å². The Morgan fingerprint density at radius 3 is 3.05 bits per heavy atom. The fourth-order valence-corrected chi connectivity index (χ4v) is 2.01. The topological polar surface area (TPSA) is 65.1 Å². The predicted molar refractivity (Wildman–Crippen MR) is 73.7 cm³/mol. The fourth-order valence-electron chi connectivity index (χ4n) is 2.01. The van der Waals surface area contributed by atoms with Crippen LogP contribution in [0.4, 0.5) is 10.3 Å². The molecule has 0 saturated carbocycles. The number of hydrogen-bond acceptors (Lipinski definition) is 4. The summed E-state index contributed by atoms with van der Waals surface area (Å²) in [6.07, 6.45) is 0.886. The Balaban J connectivity index is 2.22. The van der Waals surface area contributed by atoms with Gasteiger partial charge in [0.15, 0.2) is 0 Å². The van der Waals surface area contributed by atoms with Gasteiger partial charge in [-0.05, 0) is 18.6 Å². The molecule has 1 heterocycles. The van der Waals surface area contributed by atoms with Crippen molar-refractivity contribution >= 4 is 17.0 Å². The Morgan fingerprint density at radius 2 is 2.32 bits per heavy atom. The minimum Gasteiger partial charge on any atom is -0.385 e. The number of ether oxygens (including phenoxy) is 1. The number of benzene rings is 1. The summed E-state index contributed by atoms with van der Waals surface area (Å²) in [5.74, 6) is 0.443. The predicted octanol–water partition coefficient (Wildman–Crippen LogP) is 1.58. The minimum absolute atomic E-state index is 0.282. The van der Waals surface area contributed by atoms with Crippen LogP contribution in [0.5, 0.6) is 0 Å². The van der Waals surface area contributed by atoms with E-state index in [0.29, 0.717) is 25.2 Å². The molecule has 0 fully saturated rings. The molecule has 2 aromatic rings. The Morgan fingerprint density at radius 1 is 1.47 bits per heavy atom. The van der Waals surface area contributed by atoms with Crippen molar-refractivity contribution in [1.29, 1.82) is 0 Å². The summed E-state index contributed by atoms with van der Waals surface area (Å²) in [4.78, 5) is 4.41. The molecule has 0 aliphatic heterocycles. The van der Waals surface area contributed by atoms with E-state index in [9.17, 15) is 4.39 Å². The summed E-state index contributed by atoms with van der Waals surface area (Å²) in [5.41, 5.74) is 7.15. The van der Waals surface area contributed by atoms with Crippen LogP contribution in [0.15, 0.2) is 18.2 Å². The molecular formula is C13H19FN4O. The first kappa shape index (κ1) is 13.8. The van der Waals surface area contributed by atoms with Crippen LogP contribution in [0, 0.1) is 5.82 Å². The van der Waals surface area contributed by atoms with Crippen molar-refractivity contribution in [2.75, 3.05) is 32.1 Å². The van der Waals surface area contributed by atoms with Crippen LogP contribution in [-0.2, 0) is 11.3 Å². The zero-order chi connectivity index (χ0) is 13.7. The summed E-state index contributed by atoms with van der Waals surface area (Å²) in [7, 11) is 1.67. The minimum atomic E-state index is -0.282. The number of methoxy groups -OCH3 is 1. The lowest BCUT2D eigenvalue weighted by Gasteiger charge is -2.09. The van der Waals surface area contributed by atoms with Crippen molar-refractivity contribution in [2.24, 2.45) is 5.73 Å². The van der Waals surface area contributed by atoms with E-state index < -0.39 is 0 Å². The molecule has 0 amide bonds. The van der Waals surface area contributed by atoms with Gasteiger partial charge in [-0.25, -0.2) is 9.37 Å². The fraction of sp³-hybridized carbons (Fsp3) is 0.462. The molecule has 1 aromatic carbocycles. The van der Waals surface area contributed by atoms with Gasteiger partial charge in [-0.2, -0.15) is 0 Å². The number of halogens is 1. The largest absolute Gasteiger partial charge is 0.385 e. The van der Waals surface area contributed by atoms with Crippen LogP contribution in [-0.4, -0.2) is 36.4 Å². The molecular weight excluding hydrogens is 247 g/mol. The van der Waals surface area contributed by atoms with Crippen molar-refractivity contribution in [3.05, 3.63) is 24.0 Å². The maximum Gasteiger partial charge on any atom is 0.203 e. The normalized spacial score (nSPS) is 11.1. The molecule has 0 atom stereocenters. The van der Waals surface area contributed by atoms with E-state index in [-0.39, 0.29) is 5.82 Å². The van der Waals surface area contributed by atoms with Crippen LogP contribution < -0.4 is 11.1 Å². The lowest BCUT2D eigenvalue weighted by molar-refractivity contribution is 0.197. The van der Waals surface area contributed by atoms with Gasteiger partial charge in [0.25, 0.3) is 0 Å². The number of nitrogens with one attached hydrogen (secondary N) is 1. The summed E-state index contributed by atoms with van der Waals surface area (Å²) < 4.78 is 20.2. The summed E-state index contributed by atoms with van der Waals surface area (Å²) in [6.45, 7) is 2.60. The molecule has 0 unspecified atom stereocenters. The van der Waals surface area contributed by atoms with Crippen molar-refractivity contribution in [3.63, 3.8) is 0 Å². The molecule has 19 heavy (non-hydrogen) atoms. The van der Waals surface area contributed by atoms with Gasteiger partial charge in [0, 0.05) is 39.4 Å². The second-order valence-corrected chi connectivity index (χ2v) is 4.28. The number of nitrogens with two attached hydrogens (primary N) is 1. The lowest BCUT2D eigenvalue weighted by atomic mass is 10.3. The number of rotatable bonds is 7. The molecule has 1 aromatic heterocycles. The maximum atomic E-state index is 13.2. The second kappa shape index (κ2) is 6.49. The lowest BCUT2D eigenvalue weighted by Crippen LogP contribution is -2.14. The Hall–Kier alpha value is -1.66. The van der Waals surface area contributed by atoms with Crippen molar-refractivity contribution < 1.29 is 9.13 Å². The molecule has 0 radical (unpaired) electrons. The van der Waals surface area contributed by atoms with Crippen molar-refractivity contribution in [1.82, 2.24) is 9.55 Å². The highest BCUT2D eigenvalue weighted by molar-refractivity contribution is 5.78. The van der Waals surface area contributed by atoms with E-state index in [4.69, 9.17) is 10.5 Å². The van der Waals surface area contributed by atoms with E-state index in [1.807, 2.05) is 4.57 Å². The van der Waals surface area contributed by atoms with E-state index >= 15 is 0 Å². The van der Waals surface area contributed by atoms with Gasteiger partial charge >= 0.3 is 0 Å². The summed E-state index contributed by atoms with van der Waals surface area (Å²) >= 11 is 0. The SMILES string of the molecule is COCCCNc1nc2cc(F)ccc2n1CCN. The quantitative estimate of drug-likeness (QED) is 0.747. The number of nitrogens with zero attached hydrogens (tertiary/aromatic N) is 2. The van der Waals surface area contributed by atoms with Gasteiger partial charge in [-0.1, -0.05) is 0 Å². The third-order valence-corrected chi connectivity index (χ3v) is 2.87. The van der Waals surface area contributed by atoms with Crippen LogP contribution in [0.3, 0.4) is 0 Å². The van der Waals surface area contributed by atoms with E-state index in [0.717, 1.165) is 24.4 Å². The first-order valence-corrected chi connectivity index (χ1v) is 6.35. The Kier molecular flexibility index (Phi) is 4.70. The van der Waals surface area contributed by atoms with Crippen LogP contribution in [0.2, 0.25) is 0 Å². The molecule has 6 heteroatoms. The number of fused-ring (bicyclic) bond motifs is 1. The molecule has 3 N–H and O–H groups in total. The van der Waals surface area contributed by atoms with E-state index in [1.165, 1.54) is 12.1 Å². The summed E-state index contributed by atoms with van der Waals surface area (Å²) in [5, 5.41) is 3.24. The standard InChI is InChI=1S/C13H19FN4O/c1-19-8-2-6-16-13-17-11-9-10(14)3-4-12(11)18(13)7-5-15/h3-4,9H,2,5-8,15H2,1H3,(H,16,17). The first-order chi connectivity index (χ1) is 9.26. The smallest absolute Gasteiger partial charge is 0.203 e. The van der Waals surface area contributed by atoms with E-state index in [1.54, 1.807) is 13.2 Å². The molecule has 0 saturated heterocycles. The molecule has 0 bridgehead atoms. The van der Waals surface area contributed by atoms with Crippen molar-refractivity contribution in [3.8, 4) is 0 Å². The molecule has 0 aliphatic carbocycles. The highest BCUT2D eigenvalue weighted by atomic mass is 19.1.